The molecule has 4 saturated carbocycles. The Labute approximate surface area is 258 Å². The smallest absolute Gasteiger partial charge is 0 e. The number of likely N-dealkylation sites (N-methyl/N-ethyl adjacent to an activating group) is 2. The van der Waals surface area contributed by atoms with E-state index >= 15 is 0 Å². The molecule has 4 aliphatic carbocycles. The summed E-state index contributed by atoms with van der Waals surface area (Å²) in [6.07, 6.45) is 8.55. The van der Waals surface area contributed by atoms with Crippen molar-refractivity contribution < 1.29 is 65.4 Å². The van der Waals surface area contributed by atoms with Crippen LogP contribution in [0.15, 0.2) is 60.7 Å². The van der Waals surface area contributed by atoms with Crippen molar-refractivity contribution in [2.24, 2.45) is 23.7 Å². The number of hydrogen-bond donors (Lipinski definition) is 0. The predicted octanol–water partition coefficient (Wildman–Crippen LogP) is 7.92. The van der Waals surface area contributed by atoms with E-state index in [1.54, 1.807) is 0 Å². The zero-order chi connectivity index (χ0) is 21.9. The topological polar surface area (TPSA) is 28.2 Å². The van der Waals surface area contributed by atoms with Gasteiger partial charge in [-0.15, -0.1) is 12.1 Å². The summed E-state index contributed by atoms with van der Waals surface area (Å²) in [4.78, 5) is 0. The fraction of sp³-hybridized carbons (Fsp3) is 0.600. The van der Waals surface area contributed by atoms with Gasteiger partial charge in [-0.3, -0.25) is 0 Å². The molecule has 0 amide bonds. The zero-order valence-corrected chi connectivity index (χ0v) is 26.8. The molecule has 4 aliphatic rings. The minimum Gasteiger partial charge on any atom is -0.659 e. The fourth-order valence-corrected chi connectivity index (χ4v) is 7.76. The number of benzene rings is 2. The first-order valence-electron chi connectivity index (χ1n) is 13.2. The molecule has 0 aromatic heterocycles. The van der Waals surface area contributed by atoms with Gasteiger partial charge in [0.2, 0.25) is 0 Å². The maximum absolute atomic E-state index is 4.86. The number of hydrogen-bond acceptors (Lipinski definition) is 0. The Kier molecular flexibility index (Phi) is 11.9. The Balaban J connectivity index is 0.000000180. The Morgan fingerprint density at radius 1 is 0.559 bits per heavy atom. The van der Waals surface area contributed by atoms with Crippen molar-refractivity contribution in [3.63, 3.8) is 0 Å². The van der Waals surface area contributed by atoms with Crippen LogP contribution in [0.4, 0.5) is 0 Å². The maximum atomic E-state index is 4.86. The molecule has 2 aromatic rings. The SMILES string of the molecule is CC[N-]C1C2CCC(C2)C1c1ccccc1.CC[N-]C1C2CCC(C2)C1c1ccccc1.[Y].[Y]. The van der Waals surface area contributed by atoms with Gasteiger partial charge in [-0.05, 0) is 60.5 Å². The maximum Gasteiger partial charge on any atom is 0 e. The molecule has 0 spiro atoms. The van der Waals surface area contributed by atoms with Gasteiger partial charge in [0, 0.05) is 65.4 Å². The van der Waals surface area contributed by atoms with Crippen molar-refractivity contribution in [1.29, 1.82) is 0 Å². The molecule has 0 heterocycles. The summed E-state index contributed by atoms with van der Waals surface area (Å²) in [5, 5.41) is 9.73. The first-order chi connectivity index (χ1) is 15.8. The number of fused-ring (bicyclic) bond motifs is 4. The van der Waals surface area contributed by atoms with E-state index in [9.17, 15) is 0 Å². The quantitative estimate of drug-likeness (QED) is 0.320. The largest absolute Gasteiger partial charge is 0.659 e. The van der Waals surface area contributed by atoms with E-state index < -0.39 is 0 Å². The molecule has 34 heavy (non-hydrogen) atoms. The fourth-order valence-electron chi connectivity index (χ4n) is 7.76. The molecular formula is C30H40N2Y2-2. The van der Waals surface area contributed by atoms with Gasteiger partial charge in [-0.25, -0.2) is 0 Å². The molecule has 178 valence electrons. The first-order valence-corrected chi connectivity index (χ1v) is 13.2. The average Bonchev–Trinajstić information content (AvgIpc) is 3.63. The normalized spacial score (nSPS) is 34.6. The molecule has 4 fully saturated rings. The van der Waals surface area contributed by atoms with Crippen LogP contribution in [0.5, 0.6) is 0 Å². The molecule has 2 nitrogen and oxygen atoms in total. The predicted molar refractivity (Wildman–Crippen MR) is 135 cm³/mol. The van der Waals surface area contributed by atoms with Crippen molar-refractivity contribution >= 4 is 0 Å². The van der Waals surface area contributed by atoms with Crippen LogP contribution in [0.25, 0.3) is 10.6 Å². The summed E-state index contributed by atoms with van der Waals surface area (Å²) in [5.74, 6) is 5.03. The van der Waals surface area contributed by atoms with Crippen LogP contribution in [0.2, 0.25) is 0 Å². The molecule has 0 saturated heterocycles. The molecule has 8 unspecified atom stereocenters. The molecule has 8 atom stereocenters. The van der Waals surface area contributed by atoms with Crippen LogP contribution >= 0.6 is 0 Å². The van der Waals surface area contributed by atoms with Crippen LogP contribution in [0, 0.1) is 23.7 Å². The molecule has 2 radical (unpaired) electrons. The summed E-state index contributed by atoms with van der Waals surface area (Å²) in [6, 6.07) is 23.3. The van der Waals surface area contributed by atoms with E-state index in [2.05, 4.69) is 74.5 Å². The summed E-state index contributed by atoms with van der Waals surface area (Å²) in [5.41, 5.74) is 3.05. The van der Waals surface area contributed by atoms with E-state index in [-0.39, 0.29) is 65.4 Å². The molecular weight excluding hydrogens is 566 g/mol. The van der Waals surface area contributed by atoms with Crippen LogP contribution in [0.3, 0.4) is 0 Å². The number of rotatable bonds is 6. The zero-order valence-electron chi connectivity index (χ0n) is 21.1. The van der Waals surface area contributed by atoms with E-state index in [4.69, 9.17) is 10.6 Å². The van der Waals surface area contributed by atoms with Gasteiger partial charge >= 0.3 is 0 Å². The third kappa shape index (κ3) is 6.16. The van der Waals surface area contributed by atoms with Crippen molar-refractivity contribution in [3.05, 3.63) is 82.4 Å². The third-order valence-electron chi connectivity index (χ3n) is 8.90. The monoisotopic (exact) mass is 606 g/mol. The molecule has 0 N–H and O–H groups in total. The second-order valence-corrected chi connectivity index (χ2v) is 10.5. The Bertz CT molecular complexity index is 774. The van der Waals surface area contributed by atoms with Gasteiger partial charge in [-0.2, -0.15) is 13.1 Å². The first kappa shape index (κ1) is 29.1. The third-order valence-corrected chi connectivity index (χ3v) is 8.90. The summed E-state index contributed by atoms with van der Waals surface area (Å²) in [6.45, 7) is 6.32. The molecule has 4 bridgehead atoms. The van der Waals surface area contributed by atoms with Crippen LogP contribution in [-0.2, 0) is 65.4 Å². The summed E-state index contributed by atoms with van der Waals surface area (Å²) < 4.78 is 0. The average molecular weight is 606 g/mol. The minimum atomic E-state index is 0. The van der Waals surface area contributed by atoms with Crippen LogP contribution in [-0.4, -0.2) is 25.2 Å². The van der Waals surface area contributed by atoms with Gasteiger partial charge in [0.15, 0.2) is 0 Å². The van der Waals surface area contributed by atoms with Crippen molar-refractivity contribution in [2.75, 3.05) is 13.1 Å². The minimum absolute atomic E-state index is 0. The summed E-state index contributed by atoms with van der Waals surface area (Å²) in [7, 11) is 0. The van der Waals surface area contributed by atoms with Gasteiger partial charge in [0.05, 0.1) is 0 Å². The van der Waals surface area contributed by atoms with E-state index in [1.807, 2.05) is 0 Å². The summed E-state index contributed by atoms with van der Waals surface area (Å²) >= 11 is 0. The van der Waals surface area contributed by atoms with Gasteiger partial charge < -0.3 is 10.6 Å². The van der Waals surface area contributed by atoms with E-state index in [1.165, 1.54) is 49.7 Å². The Morgan fingerprint density at radius 3 is 1.26 bits per heavy atom. The standard InChI is InChI=1S/2C15H20N.2Y/c2*1-2-16-15-13-9-8-12(10-13)14(15)11-6-4-3-5-7-11;;/h2*3-7,12-15H,2,8-10H2,1H3;;/q2*-1;;. The van der Waals surface area contributed by atoms with Gasteiger partial charge in [-0.1, -0.05) is 99.2 Å². The van der Waals surface area contributed by atoms with Crippen molar-refractivity contribution in [2.45, 2.75) is 76.3 Å². The Morgan fingerprint density at radius 2 is 0.912 bits per heavy atom. The second kappa shape index (κ2) is 13.9. The van der Waals surface area contributed by atoms with E-state index in [0.717, 1.165) is 48.6 Å². The molecule has 6 rings (SSSR count). The molecule has 0 aliphatic heterocycles. The van der Waals surface area contributed by atoms with Crippen LogP contribution in [0.1, 0.15) is 75.3 Å². The van der Waals surface area contributed by atoms with Crippen LogP contribution < -0.4 is 0 Å². The second-order valence-electron chi connectivity index (χ2n) is 10.5. The Hall–Kier alpha value is 0.568. The number of nitrogens with zero attached hydrogens (tertiary/aromatic N) is 2. The van der Waals surface area contributed by atoms with Crippen molar-refractivity contribution in [3.8, 4) is 0 Å². The molecule has 2 aromatic carbocycles. The van der Waals surface area contributed by atoms with E-state index in [0.29, 0.717) is 12.1 Å². The molecule has 4 heteroatoms. The van der Waals surface area contributed by atoms with Gasteiger partial charge in [0.25, 0.3) is 0 Å². The van der Waals surface area contributed by atoms with Gasteiger partial charge in [0.1, 0.15) is 0 Å². The van der Waals surface area contributed by atoms with Crippen molar-refractivity contribution in [1.82, 2.24) is 0 Å².